The van der Waals surface area contributed by atoms with Crippen LogP contribution in [0.5, 0.6) is 0 Å². The Labute approximate surface area is 161 Å². The van der Waals surface area contributed by atoms with Gasteiger partial charge in [-0.25, -0.2) is 4.79 Å². The van der Waals surface area contributed by atoms with Crippen molar-refractivity contribution in [2.24, 2.45) is 5.92 Å². The second kappa shape index (κ2) is 7.63. The molecule has 0 aliphatic carbocycles. The van der Waals surface area contributed by atoms with Crippen molar-refractivity contribution in [3.8, 4) is 11.3 Å². The zero-order valence-electron chi connectivity index (χ0n) is 15.2. The highest BCUT2D eigenvalue weighted by molar-refractivity contribution is 5.94. The number of nitrogens with zero attached hydrogens (tertiary/aromatic N) is 5. The van der Waals surface area contributed by atoms with Crippen molar-refractivity contribution >= 4 is 11.9 Å². The molecule has 1 fully saturated rings. The van der Waals surface area contributed by atoms with Gasteiger partial charge in [0.1, 0.15) is 0 Å². The molecule has 4 rings (SSSR count). The largest absolute Gasteiger partial charge is 0.476 e. The molecule has 28 heavy (non-hydrogen) atoms. The molecule has 1 aliphatic rings. The predicted octanol–water partition coefficient (Wildman–Crippen LogP) is 1.92. The number of hydrogen-bond acceptors (Lipinski definition) is 5. The lowest BCUT2D eigenvalue weighted by atomic mass is 9.97. The van der Waals surface area contributed by atoms with Crippen molar-refractivity contribution < 1.29 is 14.7 Å². The van der Waals surface area contributed by atoms with Crippen molar-refractivity contribution in [2.75, 3.05) is 13.1 Å². The topological polar surface area (TPSA) is 117 Å². The first-order valence-electron chi connectivity index (χ1n) is 9.12. The van der Waals surface area contributed by atoms with Crippen LogP contribution < -0.4 is 0 Å². The maximum atomic E-state index is 12.9. The molecule has 1 aliphatic heterocycles. The normalized spacial score (nSPS) is 16.9. The van der Waals surface area contributed by atoms with Gasteiger partial charge in [-0.3, -0.25) is 14.6 Å². The highest BCUT2D eigenvalue weighted by Gasteiger charge is 2.25. The number of benzene rings is 1. The molecule has 1 atom stereocenters. The summed E-state index contributed by atoms with van der Waals surface area (Å²) in [7, 11) is 0. The molecule has 1 aromatic carbocycles. The number of aromatic carboxylic acids is 1. The highest BCUT2D eigenvalue weighted by Crippen LogP contribution is 2.22. The van der Waals surface area contributed by atoms with E-state index in [0.29, 0.717) is 18.7 Å². The molecular weight excluding hydrogens is 360 g/mol. The van der Waals surface area contributed by atoms with Crippen LogP contribution in [0.3, 0.4) is 0 Å². The summed E-state index contributed by atoms with van der Waals surface area (Å²) in [6.45, 7) is 1.88. The predicted molar refractivity (Wildman–Crippen MR) is 99.6 cm³/mol. The number of carbonyl (C=O) groups excluding carboxylic acids is 1. The summed E-state index contributed by atoms with van der Waals surface area (Å²) in [4.78, 5) is 25.7. The van der Waals surface area contributed by atoms with Crippen LogP contribution in [0.1, 0.15) is 33.7 Å². The van der Waals surface area contributed by atoms with E-state index in [9.17, 15) is 9.59 Å². The number of likely N-dealkylation sites (tertiary alicyclic amines) is 1. The van der Waals surface area contributed by atoms with E-state index in [2.05, 4.69) is 20.5 Å². The summed E-state index contributed by atoms with van der Waals surface area (Å²) in [5, 5.41) is 23.3. The molecule has 1 amide bonds. The molecule has 0 radical (unpaired) electrons. The second-order valence-electron chi connectivity index (χ2n) is 6.94. The molecule has 2 aromatic heterocycles. The van der Waals surface area contributed by atoms with Crippen LogP contribution in [0.15, 0.2) is 42.7 Å². The van der Waals surface area contributed by atoms with Gasteiger partial charge in [-0.05, 0) is 42.5 Å². The SMILES string of the molecule is O=C(O)c1cn(C[C@@H]2CCCN(C(=O)c3ccc(-c4ccn[nH]4)cc3)C2)nn1. The molecule has 0 spiro atoms. The lowest BCUT2D eigenvalue weighted by Crippen LogP contribution is -2.41. The number of carbonyl (C=O) groups is 2. The van der Waals surface area contributed by atoms with E-state index >= 15 is 0 Å². The third kappa shape index (κ3) is 3.78. The van der Waals surface area contributed by atoms with Gasteiger partial charge >= 0.3 is 5.97 Å². The smallest absolute Gasteiger partial charge is 0.358 e. The monoisotopic (exact) mass is 380 g/mol. The summed E-state index contributed by atoms with van der Waals surface area (Å²) in [5.74, 6) is -0.874. The minimum atomic E-state index is -1.09. The Hall–Kier alpha value is -3.49. The van der Waals surface area contributed by atoms with Gasteiger partial charge in [0.15, 0.2) is 5.69 Å². The Morgan fingerprint density at radius 2 is 2.04 bits per heavy atom. The zero-order chi connectivity index (χ0) is 19.5. The molecule has 0 unspecified atom stereocenters. The fraction of sp³-hybridized carbons (Fsp3) is 0.316. The van der Waals surface area contributed by atoms with Gasteiger partial charge in [0, 0.05) is 31.4 Å². The fourth-order valence-corrected chi connectivity index (χ4v) is 3.54. The number of hydrogen-bond donors (Lipinski definition) is 2. The number of H-pyrrole nitrogens is 1. The lowest BCUT2D eigenvalue weighted by Gasteiger charge is -2.32. The molecule has 0 bridgehead atoms. The van der Waals surface area contributed by atoms with Gasteiger partial charge in [0.2, 0.25) is 0 Å². The summed E-state index contributed by atoms with van der Waals surface area (Å²) >= 11 is 0. The summed E-state index contributed by atoms with van der Waals surface area (Å²) in [6, 6.07) is 9.36. The van der Waals surface area contributed by atoms with Gasteiger partial charge in [0.05, 0.1) is 11.9 Å². The summed E-state index contributed by atoms with van der Waals surface area (Å²) in [6.07, 6.45) is 4.99. The number of piperidine rings is 1. The average Bonchev–Trinajstić information content (AvgIpc) is 3.40. The standard InChI is InChI=1S/C19H20N6O3/c26-18(15-5-3-14(4-6-15)16-7-8-20-21-16)24-9-1-2-13(10-24)11-25-12-17(19(27)28)22-23-25/h3-8,12-13H,1-2,9-11H2,(H,20,21)(H,27,28)/t13-/m1/s1. The van der Waals surface area contributed by atoms with E-state index in [1.807, 2.05) is 35.2 Å². The third-order valence-corrected chi connectivity index (χ3v) is 4.95. The van der Waals surface area contributed by atoms with Crippen LogP contribution >= 0.6 is 0 Å². The Morgan fingerprint density at radius 3 is 2.71 bits per heavy atom. The van der Waals surface area contributed by atoms with Crippen LogP contribution in [0.25, 0.3) is 11.3 Å². The number of carboxylic acids is 1. The molecule has 9 heteroatoms. The minimum absolute atomic E-state index is 0.00526. The first kappa shape index (κ1) is 17.9. The van der Waals surface area contributed by atoms with Crippen LogP contribution in [-0.4, -0.2) is 60.2 Å². The lowest BCUT2D eigenvalue weighted by molar-refractivity contribution is 0.0658. The van der Waals surface area contributed by atoms with E-state index in [1.54, 1.807) is 10.9 Å². The van der Waals surface area contributed by atoms with Crippen LogP contribution in [-0.2, 0) is 6.54 Å². The maximum Gasteiger partial charge on any atom is 0.358 e. The molecule has 9 nitrogen and oxygen atoms in total. The minimum Gasteiger partial charge on any atom is -0.476 e. The molecule has 3 aromatic rings. The molecular formula is C19H20N6O3. The zero-order valence-corrected chi connectivity index (χ0v) is 15.2. The number of rotatable bonds is 5. The van der Waals surface area contributed by atoms with Crippen LogP contribution in [0, 0.1) is 5.92 Å². The Bertz CT molecular complexity index is 964. The quantitative estimate of drug-likeness (QED) is 0.698. The van der Waals surface area contributed by atoms with Crippen molar-refractivity contribution in [3.05, 3.63) is 54.0 Å². The van der Waals surface area contributed by atoms with Crippen molar-refractivity contribution in [3.63, 3.8) is 0 Å². The molecule has 2 N–H and O–H groups in total. The first-order chi connectivity index (χ1) is 13.6. The van der Waals surface area contributed by atoms with Gasteiger partial charge in [0.25, 0.3) is 5.91 Å². The van der Waals surface area contributed by atoms with Gasteiger partial charge in [-0.15, -0.1) is 5.10 Å². The second-order valence-corrected chi connectivity index (χ2v) is 6.94. The highest BCUT2D eigenvalue weighted by atomic mass is 16.4. The number of aromatic nitrogens is 5. The van der Waals surface area contributed by atoms with E-state index in [1.165, 1.54) is 6.20 Å². The van der Waals surface area contributed by atoms with E-state index in [-0.39, 0.29) is 17.5 Å². The number of carboxylic acid groups (broad SMARTS) is 1. The van der Waals surface area contributed by atoms with E-state index in [4.69, 9.17) is 5.11 Å². The molecule has 3 heterocycles. The van der Waals surface area contributed by atoms with Gasteiger partial charge in [-0.2, -0.15) is 5.10 Å². The summed E-state index contributed by atoms with van der Waals surface area (Å²) in [5.41, 5.74) is 2.47. The van der Waals surface area contributed by atoms with Crippen molar-refractivity contribution in [1.82, 2.24) is 30.1 Å². The molecule has 0 saturated carbocycles. The Morgan fingerprint density at radius 1 is 1.21 bits per heavy atom. The molecule has 144 valence electrons. The average molecular weight is 380 g/mol. The van der Waals surface area contributed by atoms with Crippen LogP contribution in [0.2, 0.25) is 0 Å². The Kier molecular flexibility index (Phi) is 4.88. The van der Waals surface area contributed by atoms with E-state index in [0.717, 1.165) is 30.6 Å². The maximum absolute atomic E-state index is 12.9. The summed E-state index contributed by atoms with van der Waals surface area (Å²) < 4.78 is 1.54. The van der Waals surface area contributed by atoms with Crippen molar-refractivity contribution in [1.29, 1.82) is 0 Å². The molecule has 1 saturated heterocycles. The first-order valence-corrected chi connectivity index (χ1v) is 9.12. The third-order valence-electron chi connectivity index (χ3n) is 4.95. The van der Waals surface area contributed by atoms with E-state index < -0.39 is 5.97 Å². The van der Waals surface area contributed by atoms with Crippen LogP contribution in [0.4, 0.5) is 0 Å². The number of aromatic amines is 1. The van der Waals surface area contributed by atoms with Gasteiger partial charge in [-0.1, -0.05) is 17.3 Å². The Balaban J connectivity index is 1.40. The fourth-order valence-electron chi connectivity index (χ4n) is 3.54. The van der Waals surface area contributed by atoms with Crippen molar-refractivity contribution in [2.45, 2.75) is 19.4 Å². The number of nitrogens with one attached hydrogen (secondary N) is 1. The number of amides is 1. The van der Waals surface area contributed by atoms with Gasteiger partial charge < -0.3 is 10.0 Å².